The minimum atomic E-state index is -0.537. The lowest BCUT2D eigenvalue weighted by Gasteiger charge is -2.50. The molecule has 1 aromatic rings. The van der Waals surface area contributed by atoms with Gasteiger partial charge in [0, 0.05) is 18.5 Å². The minimum Gasteiger partial charge on any atom is -0.340 e. The third-order valence-electron chi connectivity index (χ3n) is 5.03. The predicted molar refractivity (Wildman–Crippen MR) is 80.5 cm³/mol. The van der Waals surface area contributed by atoms with Gasteiger partial charge in [-0.05, 0) is 31.2 Å². The average Bonchev–Trinajstić information content (AvgIpc) is 2.61. The van der Waals surface area contributed by atoms with E-state index < -0.39 is 6.04 Å². The molecule has 1 N–H and O–H groups in total. The van der Waals surface area contributed by atoms with Gasteiger partial charge in [0.05, 0.1) is 0 Å². The highest BCUT2D eigenvalue weighted by Crippen LogP contribution is 2.42. The standard InChI is InChI=1S/C17H22N2O2/c1-2-17(10-6-11-17)19-12-9-14(20)18-15(16(19)21)13-7-4-3-5-8-13/h3-5,7-8,15H,2,6,9-12H2,1H3,(H,18,20). The number of rotatable bonds is 3. The summed E-state index contributed by atoms with van der Waals surface area (Å²) in [5, 5.41) is 2.89. The van der Waals surface area contributed by atoms with Gasteiger partial charge in [0.2, 0.25) is 11.8 Å². The van der Waals surface area contributed by atoms with Crippen molar-refractivity contribution < 1.29 is 9.59 Å². The Morgan fingerprint density at radius 3 is 2.52 bits per heavy atom. The number of nitrogens with one attached hydrogen (secondary N) is 1. The summed E-state index contributed by atoms with van der Waals surface area (Å²) in [6.45, 7) is 2.69. The summed E-state index contributed by atoms with van der Waals surface area (Å²) in [5.41, 5.74) is 0.851. The van der Waals surface area contributed by atoms with Crippen LogP contribution in [0, 0.1) is 0 Å². The molecule has 4 nitrogen and oxygen atoms in total. The van der Waals surface area contributed by atoms with E-state index >= 15 is 0 Å². The number of hydrogen-bond acceptors (Lipinski definition) is 2. The van der Waals surface area contributed by atoms with Crippen LogP contribution in [0.2, 0.25) is 0 Å². The first-order chi connectivity index (χ1) is 10.2. The van der Waals surface area contributed by atoms with Crippen LogP contribution in [0.5, 0.6) is 0 Å². The van der Waals surface area contributed by atoms with Gasteiger partial charge in [-0.25, -0.2) is 0 Å². The first-order valence-corrected chi connectivity index (χ1v) is 7.82. The Hall–Kier alpha value is -1.84. The molecule has 2 aliphatic rings. The lowest BCUT2D eigenvalue weighted by molar-refractivity contribution is -0.143. The van der Waals surface area contributed by atoms with Gasteiger partial charge in [-0.1, -0.05) is 37.3 Å². The normalized spacial score (nSPS) is 25.0. The maximum Gasteiger partial charge on any atom is 0.250 e. The highest BCUT2D eigenvalue weighted by atomic mass is 16.2. The van der Waals surface area contributed by atoms with E-state index in [-0.39, 0.29) is 17.4 Å². The fraction of sp³-hybridized carbons (Fsp3) is 0.529. The molecule has 1 atom stereocenters. The summed E-state index contributed by atoms with van der Waals surface area (Å²) in [6.07, 6.45) is 4.66. The molecule has 4 heteroatoms. The van der Waals surface area contributed by atoms with Crippen molar-refractivity contribution in [2.45, 2.75) is 50.6 Å². The topological polar surface area (TPSA) is 49.4 Å². The highest BCUT2D eigenvalue weighted by molar-refractivity contribution is 5.91. The number of benzene rings is 1. The Kier molecular flexibility index (Phi) is 3.70. The number of carbonyl (C=O) groups is 2. The zero-order chi connectivity index (χ0) is 14.9. The molecule has 1 saturated carbocycles. The average molecular weight is 286 g/mol. The van der Waals surface area contributed by atoms with E-state index in [0.29, 0.717) is 13.0 Å². The number of amides is 2. The monoisotopic (exact) mass is 286 g/mol. The maximum atomic E-state index is 13.0. The molecule has 3 rings (SSSR count). The molecule has 0 radical (unpaired) electrons. The fourth-order valence-corrected chi connectivity index (χ4v) is 3.52. The third-order valence-corrected chi connectivity index (χ3v) is 5.03. The lowest BCUT2D eigenvalue weighted by Crippen LogP contribution is -2.57. The van der Waals surface area contributed by atoms with Crippen LogP contribution in [0.4, 0.5) is 0 Å². The minimum absolute atomic E-state index is 0.0174. The van der Waals surface area contributed by atoms with E-state index in [0.717, 1.165) is 24.8 Å². The Morgan fingerprint density at radius 2 is 1.95 bits per heavy atom. The second kappa shape index (κ2) is 5.51. The van der Waals surface area contributed by atoms with E-state index in [1.54, 1.807) is 0 Å². The van der Waals surface area contributed by atoms with E-state index in [9.17, 15) is 9.59 Å². The molecule has 112 valence electrons. The molecule has 2 amide bonds. The molecule has 1 unspecified atom stereocenters. The molecule has 1 aliphatic heterocycles. The Labute approximate surface area is 125 Å². The summed E-state index contributed by atoms with van der Waals surface area (Å²) >= 11 is 0. The van der Waals surface area contributed by atoms with Gasteiger partial charge in [0.25, 0.3) is 0 Å². The largest absolute Gasteiger partial charge is 0.340 e. The summed E-state index contributed by atoms with van der Waals surface area (Å²) in [7, 11) is 0. The third kappa shape index (κ3) is 2.43. The van der Waals surface area contributed by atoms with E-state index in [1.807, 2.05) is 35.2 Å². The highest BCUT2D eigenvalue weighted by Gasteiger charge is 2.46. The zero-order valence-electron chi connectivity index (χ0n) is 12.5. The Bertz CT molecular complexity index is 531. The molecule has 1 saturated heterocycles. The van der Waals surface area contributed by atoms with Crippen molar-refractivity contribution in [2.75, 3.05) is 6.54 Å². The van der Waals surface area contributed by atoms with Crippen LogP contribution in [-0.2, 0) is 9.59 Å². The molecule has 21 heavy (non-hydrogen) atoms. The predicted octanol–water partition coefficient (Wildman–Crippen LogP) is 2.41. The second-order valence-corrected chi connectivity index (χ2v) is 6.08. The second-order valence-electron chi connectivity index (χ2n) is 6.08. The molecule has 0 spiro atoms. The molecular formula is C17H22N2O2. The summed E-state index contributed by atoms with van der Waals surface area (Å²) in [4.78, 5) is 27.0. The Balaban J connectivity index is 1.93. The van der Waals surface area contributed by atoms with Crippen molar-refractivity contribution in [1.82, 2.24) is 10.2 Å². The maximum absolute atomic E-state index is 13.0. The number of hydrogen-bond donors (Lipinski definition) is 1. The number of nitrogens with zero attached hydrogens (tertiary/aromatic N) is 1. The van der Waals surface area contributed by atoms with Gasteiger partial charge in [0.15, 0.2) is 0 Å². The van der Waals surface area contributed by atoms with Crippen molar-refractivity contribution in [1.29, 1.82) is 0 Å². The van der Waals surface area contributed by atoms with Gasteiger partial charge in [-0.15, -0.1) is 0 Å². The fourth-order valence-electron chi connectivity index (χ4n) is 3.52. The van der Waals surface area contributed by atoms with Gasteiger partial charge < -0.3 is 10.2 Å². The first kappa shape index (κ1) is 14.1. The molecule has 1 aromatic carbocycles. The van der Waals surface area contributed by atoms with Gasteiger partial charge in [0.1, 0.15) is 6.04 Å². The van der Waals surface area contributed by atoms with Crippen LogP contribution < -0.4 is 5.32 Å². The van der Waals surface area contributed by atoms with Gasteiger partial charge in [-0.3, -0.25) is 9.59 Å². The molecule has 1 aliphatic carbocycles. The lowest BCUT2D eigenvalue weighted by atomic mass is 9.73. The van der Waals surface area contributed by atoms with E-state index in [4.69, 9.17) is 0 Å². The summed E-state index contributed by atoms with van der Waals surface area (Å²) in [5.74, 6) is 0.0129. The number of carbonyl (C=O) groups excluding carboxylic acids is 2. The molecule has 0 aromatic heterocycles. The van der Waals surface area contributed by atoms with Crippen molar-refractivity contribution >= 4 is 11.8 Å². The quantitative estimate of drug-likeness (QED) is 0.927. The van der Waals surface area contributed by atoms with Crippen LogP contribution in [0.3, 0.4) is 0 Å². The van der Waals surface area contributed by atoms with Gasteiger partial charge in [-0.2, -0.15) is 0 Å². The van der Waals surface area contributed by atoms with E-state index in [2.05, 4.69) is 12.2 Å². The van der Waals surface area contributed by atoms with Crippen LogP contribution >= 0.6 is 0 Å². The van der Waals surface area contributed by atoms with Crippen molar-refractivity contribution in [2.24, 2.45) is 0 Å². The van der Waals surface area contributed by atoms with Crippen molar-refractivity contribution in [3.05, 3.63) is 35.9 Å². The Morgan fingerprint density at radius 1 is 1.24 bits per heavy atom. The molecular weight excluding hydrogens is 264 g/mol. The molecule has 2 fully saturated rings. The van der Waals surface area contributed by atoms with Crippen molar-refractivity contribution in [3.63, 3.8) is 0 Å². The van der Waals surface area contributed by atoms with Gasteiger partial charge >= 0.3 is 0 Å². The zero-order valence-corrected chi connectivity index (χ0v) is 12.5. The van der Waals surface area contributed by atoms with Crippen LogP contribution in [-0.4, -0.2) is 28.8 Å². The van der Waals surface area contributed by atoms with E-state index in [1.165, 1.54) is 6.42 Å². The first-order valence-electron chi connectivity index (χ1n) is 7.82. The van der Waals surface area contributed by atoms with Crippen LogP contribution in [0.15, 0.2) is 30.3 Å². The SMILES string of the molecule is CCC1(N2CCC(=O)NC(c3ccccc3)C2=O)CCC1. The smallest absolute Gasteiger partial charge is 0.250 e. The summed E-state index contributed by atoms with van der Waals surface area (Å²) < 4.78 is 0. The van der Waals surface area contributed by atoms with Crippen LogP contribution in [0.25, 0.3) is 0 Å². The molecule has 1 heterocycles. The summed E-state index contributed by atoms with van der Waals surface area (Å²) in [6, 6.07) is 9.01. The van der Waals surface area contributed by atoms with Crippen LogP contribution in [0.1, 0.15) is 50.6 Å². The van der Waals surface area contributed by atoms with Crippen molar-refractivity contribution in [3.8, 4) is 0 Å². The molecule has 0 bridgehead atoms.